The molecular formula is C29H22Cl2O. The highest BCUT2D eigenvalue weighted by Gasteiger charge is 2.52. The van der Waals surface area contributed by atoms with Gasteiger partial charge < -0.3 is 5.11 Å². The Morgan fingerprint density at radius 2 is 1.00 bits per heavy atom. The second-order valence-corrected chi connectivity index (χ2v) is 9.78. The maximum absolute atomic E-state index is 12.6. The number of fused-ring (bicyclic) bond motifs is 1. The van der Waals surface area contributed by atoms with E-state index in [1.807, 2.05) is 48.5 Å². The largest absolute Gasteiger partial charge is 0.380 e. The molecule has 2 bridgehead atoms. The van der Waals surface area contributed by atoms with Crippen molar-refractivity contribution in [2.45, 2.75) is 23.9 Å². The quantitative estimate of drug-likeness (QED) is 0.337. The molecular weight excluding hydrogens is 435 g/mol. The molecule has 0 spiro atoms. The third-order valence-electron chi connectivity index (χ3n) is 7.41. The fraction of sp³-hybridized carbons (Fsp3) is 0.172. The molecule has 3 aliphatic carbocycles. The van der Waals surface area contributed by atoms with E-state index in [1.54, 1.807) is 0 Å². The van der Waals surface area contributed by atoms with E-state index >= 15 is 0 Å². The second kappa shape index (κ2) is 7.49. The standard InChI is InChI=1S/C29H22Cl2O/c30-20-13-9-18(10-14-20)29(32,19-11-15-21(31)16-12-19)27-17-26-22-5-1-3-7-24(22)28(27)25-8-4-2-6-23(25)26/h1-16,26-28,32H,17H2/t26?,27-,28?/m1/s1. The first kappa shape index (κ1) is 20.1. The molecule has 0 aromatic heterocycles. The number of aliphatic hydroxyl groups is 1. The highest BCUT2D eigenvalue weighted by Crippen LogP contribution is 2.60. The molecule has 4 aromatic rings. The summed E-state index contributed by atoms with van der Waals surface area (Å²) in [4.78, 5) is 0. The van der Waals surface area contributed by atoms with E-state index < -0.39 is 5.60 Å². The van der Waals surface area contributed by atoms with Crippen molar-refractivity contribution in [1.82, 2.24) is 0 Å². The Labute approximate surface area is 198 Å². The zero-order valence-electron chi connectivity index (χ0n) is 17.4. The minimum absolute atomic E-state index is 0.0281. The Kier molecular flexibility index (Phi) is 4.69. The summed E-state index contributed by atoms with van der Waals surface area (Å²) in [6.07, 6.45) is 0.875. The van der Waals surface area contributed by atoms with Gasteiger partial charge in [0.25, 0.3) is 0 Å². The van der Waals surface area contributed by atoms with Gasteiger partial charge >= 0.3 is 0 Å². The molecule has 3 heteroatoms. The molecule has 1 N–H and O–H groups in total. The lowest BCUT2D eigenvalue weighted by molar-refractivity contribution is -0.00432. The summed E-state index contributed by atoms with van der Waals surface area (Å²) >= 11 is 12.4. The monoisotopic (exact) mass is 456 g/mol. The van der Waals surface area contributed by atoms with E-state index in [0.717, 1.165) is 17.5 Å². The van der Waals surface area contributed by atoms with Crippen molar-refractivity contribution in [3.63, 3.8) is 0 Å². The molecule has 158 valence electrons. The van der Waals surface area contributed by atoms with Gasteiger partial charge in [-0.15, -0.1) is 0 Å². The van der Waals surface area contributed by atoms with Crippen LogP contribution in [0.15, 0.2) is 97.1 Å². The highest BCUT2D eigenvalue weighted by molar-refractivity contribution is 6.30. The number of halogens is 2. The topological polar surface area (TPSA) is 20.2 Å². The first-order chi connectivity index (χ1) is 15.6. The van der Waals surface area contributed by atoms with Crippen LogP contribution in [0.1, 0.15) is 51.6 Å². The average molecular weight is 457 g/mol. The Balaban J connectivity index is 1.60. The van der Waals surface area contributed by atoms with Crippen molar-refractivity contribution in [3.05, 3.63) is 140 Å². The fourth-order valence-electron chi connectivity index (χ4n) is 6.05. The SMILES string of the molecule is OC(c1ccc(Cl)cc1)(c1ccc(Cl)cc1)[C@@H]1CC2c3ccccc3C1c1ccccc12. The van der Waals surface area contributed by atoms with Crippen LogP contribution in [0.5, 0.6) is 0 Å². The van der Waals surface area contributed by atoms with Crippen molar-refractivity contribution in [3.8, 4) is 0 Å². The van der Waals surface area contributed by atoms with Crippen LogP contribution in [0, 0.1) is 5.92 Å². The van der Waals surface area contributed by atoms with Crippen LogP contribution in [0.3, 0.4) is 0 Å². The highest BCUT2D eigenvalue weighted by atomic mass is 35.5. The van der Waals surface area contributed by atoms with E-state index in [2.05, 4.69) is 48.5 Å². The summed E-state index contributed by atoms with van der Waals surface area (Å²) < 4.78 is 0. The maximum atomic E-state index is 12.6. The predicted molar refractivity (Wildman–Crippen MR) is 131 cm³/mol. The second-order valence-electron chi connectivity index (χ2n) is 8.91. The predicted octanol–water partition coefficient (Wildman–Crippen LogP) is 7.53. The van der Waals surface area contributed by atoms with Crippen molar-refractivity contribution >= 4 is 23.2 Å². The van der Waals surface area contributed by atoms with E-state index in [1.165, 1.54) is 22.3 Å². The van der Waals surface area contributed by atoms with Crippen LogP contribution in [0.2, 0.25) is 10.0 Å². The van der Waals surface area contributed by atoms with Crippen LogP contribution < -0.4 is 0 Å². The third kappa shape index (κ3) is 2.89. The number of benzene rings is 4. The number of hydrogen-bond donors (Lipinski definition) is 1. The first-order valence-electron chi connectivity index (χ1n) is 11.0. The van der Waals surface area contributed by atoms with E-state index in [9.17, 15) is 5.11 Å². The van der Waals surface area contributed by atoms with Gasteiger partial charge in [0.05, 0.1) is 0 Å². The van der Waals surface area contributed by atoms with Crippen LogP contribution in [-0.4, -0.2) is 5.11 Å². The van der Waals surface area contributed by atoms with Crippen LogP contribution >= 0.6 is 23.2 Å². The molecule has 1 atom stereocenters. The Hall–Kier alpha value is -2.58. The van der Waals surface area contributed by atoms with E-state index in [-0.39, 0.29) is 17.8 Å². The van der Waals surface area contributed by atoms with Crippen molar-refractivity contribution in [1.29, 1.82) is 0 Å². The first-order valence-corrected chi connectivity index (χ1v) is 11.7. The summed E-state index contributed by atoms with van der Waals surface area (Å²) in [6, 6.07) is 32.7. The van der Waals surface area contributed by atoms with Crippen LogP contribution in [-0.2, 0) is 5.60 Å². The zero-order valence-corrected chi connectivity index (χ0v) is 18.9. The molecule has 0 unspecified atom stereocenters. The molecule has 1 nitrogen and oxygen atoms in total. The molecule has 0 radical (unpaired) electrons. The van der Waals surface area contributed by atoms with Crippen LogP contribution in [0.4, 0.5) is 0 Å². The molecule has 0 saturated heterocycles. The molecule has 3 aliphatic rings. The minimum atomic E-state index is -1.18. The molecule has 0 heterocycles. The average Bonchev–Trinajstić information content (AvgIpc) is 2.84. The normalized spacial score (nSPS) is 21.2. The van der Waals surface area contributed by atoms with Crippen molar-refractivity contribution in [2.75, 3.05) is 0 Å². The molecule has 0 fully saturated rings. The van der Waals surface area contributed by atoms with Gasteiger partial charge in [-0.2, -0.15) is 0 Å². The molecule has 0 aliphatic heterocycles. The van der Waals surface area contributed by atoms with Crippen LogP contribution in [0.25, 0.3) is 0 Å². The third-order valence-corrected chi connectivity index (χ3v) is 7.91. The van der Waals surface area contributed by atoms with Gasteiger partial charge in [-0.05, 0) is 64.1 Å². The molecule has 4 aromatic carbocycles. The summed E-state index contributed by atoms with van der Waals surface area (Å²) in [5, 5.41) is 14.0. The van der Waals surface area contributed by atoms with Gasteiger partial charge in [0, 0.05) is 27.8 Å². The smallest absolute Gasteiger partial charge is 0.118 e. The zero-order chi connectivity index (χ0) is 21.9. The molecule has 0 saturated carbocycles. The van der Waals surface area contributed by atoms with Gasteiger partial charge in [-0.25, -0.2) is 0 Å². The minimum Gasteiger partial charge on any atom is -0.380 e. The van der Waals surface area contributed by atoms with Gasteiger partial charge in [-0.1, -0.05) is 96.0 Å². The lowest BCUT2D eigenvalue weighted by Gasteiger charge is -2.51. The van der Waals surface area contributed by atoms with Crippen molar-refractivity contribution < 1.29 is 5.11 Å². The number of hydrogen-bond acceptors (Lipinski definition) is 1. The molecule has 32 heavy (non-hydrogen) atoms. The fourth-order valence-corrected chi connectivity index (χ4v) is 6.30. The summed E-state index contributed by atoms with van der Waals surface area (Å²) in [7, 11) is 0. The molecule has 0 amide bonds. The van der Waals surface area contributed by atoms with Crippen molar-refractivity contribution in [2.24, 2.45) is 5.92 Å². The summed E-state index contributed by atoms with van der Waals surface area (Å²) in [5.41, 5.74) is 5.97. The molecule has 7 rings (SSSR count). The Morgan fingerprint density at radius 3 is 1.44 bits per heavy atom. The summed E-state index contributed by atoms with van der Waals surface area (Å²) in [5.74, 6) is 0.340. The van der Waals surface area contributed by atoms with Gasteiger partial charge in [0.2, 0.25) is 0 Å². The van der Waals surface area contributed by atoms with Gasteiger partial charge in [-0.3, -0.25) is 0 Å². The van der Waals surface area contributed by atoms with E-state index in [0.29, 0.717) is 10.0 Å². The maximum Gasteiger partial charge on any atom is 0.118 e. The number of rotatable bonds is 3. The lowest BCUT2D eigenvalue weighted by atomic mass is 9.53. The lowest BCUT2D eigenvalue weighted by Crippen LogP contribution is -2.46. The van der Waals surface area contributed by atoms with E-state index in [4.69, 9.17) is 23.2 Å². The van der Waals surface area contributed by atoms with Gasteiger partial charge in [0.15, 0.2) is 0 Å². The summed E-state index contributed by atoms with van der Waals surface area (Å²) in [6.45, 7) is 0. The Bertz CT molecular complexity index is 1200. The Morgan fingerprint density at radius 1 is 0.594 bits per heavy atom. The van der Waals surface area contributed by atoms with Gasteiger partial charge in [0.1, 0.15) is 5.60 Å².